The topological polar surface area (TPSA) is 227 Å². The Balaban J connectivity index is -0.000000406. The Bertz CT molecular complexity index is 738. The molecule has 0 saturated heterocycles. The van der Waals surface area contributed by atoms with Crippen LogP contribution in [0.3, 0.4) is 0 Å². The van der Waals surface area contributed by atoms with Crippen LogP contribution < -0.4 is 4.74 Å². The second kappa shape index (κ2) is 26.2. The van der Waals surface area contributed by atoms with Crippen LogP contribution in [0.2, 0.25) is 0 Å². The van der Waals surface area contributed by atoms with Crippen molar-refractivity contribution in [2.75, 3.05) is 33.5 Å². The lowest BCUT2D eigenvalue weighted by Crippen LogP contribution is -2.06. The lowest BCUT2D eigenvalue weighted by Gasteiger charge is -2.01. The standard InChI is InChI=1S/C8H9NO3.C6H8O4.C4H8O3.C3H6O3/c10-8(11)3-5-12-7-2-1-4-9-6-7;1-2-6(9)10-4-3-5(7)8;1-7-4(6)2-3-5;4-2-1-3(5)6/h1-2,4,6H,3,5H2,(H,10,11);2H,1,3-4H2,(H,7,8);5H,2-3H2,1H3;4H,1-2H2,(H,5,6). The van der Waals surface area contributed by atoms with Crippen LogP contribution in [0, 0.1) is 0 Å². The monoisotopic (exact) mass is 505 g/mol. The van der Waals surface area contributed by atoms with Crippen LogP contribution in [0.15, 0.2) is 37.2 Å². The molecule has 1 rings (SSSR count). The van der Waals surface area contributed by atoms with Crippen molar-refractivity contribution in [2.45, 2.75) is 25.7 Å². The summed E-state index contributed by atoms with van der Waals surface area (Å²) in [7, 11) is 1.29. The van der Waals surface area contributed by atoms with Crippen LogP contribution in [0.5, 0.6) is 5.75 Å². The fraction of sp³-hybridized carbons (Fsp3) is 0.429. The number of pyridine rings is 1. The highest BCUT2D eigenvalue weighted by molar-refractivity contribution is 5.81. The molecule has 1 heterocycles. The molecule has 198 valence electrons. The van der Waals surface area contributed by atoms with E-state index in [1.165, 1.54) is 7.11 Å². The Morgan fingerprint density at radius 3 is 1.80 bits per heavy atom. The summed E-state index contributed by atoms with van der Waals surface area (Å²) in [5, 5.41) is 40.1. The summed E-state index contributed by atoms with van der Waals surface area (Å²) in [4.78, 5) is 53.5. The van der Waals surface area contributed by atoms with Crippen molar-refractivity contribution in [3.05, 3.63) is 37.2 Å². The average molecular weight is 505 g/mol. The van der Waals surface area contributed by atoms with Gasteiger partial charge in [-0.2, -0.15) is 0 Å². The SMILES string of the molecule is C=CC(=O)OCCC(=O)O.COC(=O)CCO.O=C(O)CCO.O=C(O)CCOc1cccnc1. The van der Waals surface area contributed by atoms with Crippen LogP contribution in [-0.4, -0.2) is 93.9 Å². The summed E-state index contributed by atoms with van der Waals surface area (Å²) in [6, 6.07) is 3.46. The summed E-state index contributed by atoms with van der Waals surface area (Å²) in [5.41, 5.74) is 0. The number of nitrogens with zero attached hydrogens (tertiary/aromatic N) is 1. The van der Waals surface area contributed by atoms with E-state index in [9.17, 15) is 24.0 Å². The quantitative estimate of drug-likeness (QED) is 0.188. The number of aliphatic hydroxyl groups excluding tert-OH is 2. The van der Waals surface area contributed by atoms with Gasteiger partial charge in [-0.1, -0.05) is 6.58 Å². The van der Waals surface area contributed by atoms with Gasteiger partial charge in [-0.15, -0.1) is 0 Å². The van der Waals surface area contributed by atoms with Crippen molar-refractivity contribution in [3.8, 4) is 5.75 Å². The van der Waals surface area contributed by atoms with Gasteiger partial charge in [0.25, 0.3) is 0 Å². The molecule has 14 heteroatoms. The first-order chi connectivity index (χ1) is 16.5. The Morgan fingerprint density at radius 2 is 1.46 bits per heavy atom. The van der Waals surface area contributed by atoms with Crippen molar-refractivity contribution in [3.63, 3.8) is 0 Å². The van der Waals surface area contributed by atoms with E-state index in [1.54, 1.807) is 24.5 Å². The van der Waals surface area contributed by atoms with Crippen LogP contribution in [0.1, 0.15) is 25.7 Å². The minimum Gasteiger partial charge on any atom is -0.491 e. The molecule has 0 aliphatic carbocycles. The molecule has 1 aromatic heterocycles. The Hall–Kier alpha value is -4.04. The van der Waals surface area contributed by atoms with Crippen LogP contribution in [0.4, 0.5) is 0 Å². The number of hydrogen-bond acceptors (Lipinski definition) is 11. The number of esters is 2. The molecular formula is C21H31NO13. The van der Waals surface area contributed by atoms with Crippen molar-refractivity contribution >= 4 is 29.8 Å². The van der Waals surface area contributed by atoms with Gasteiger partial charge in [-0.3, -0.25) is 24.2 Å². The van der Waals surface area contributed by atoms with E-state index in [4.69, 9.17) is 30.3 Å². The predicted molar refractivity (Wildman–Crippen MR) is 118 cm³/mol. The van der Waals surface area contributed by atoms with E-state index >= 15 is 0 Å². The lowest BCUT2D eigenvalue weighted by molar-refractivity contribution is -0.143. The van der Waals surface area contributed by atoms with Crippen molar-refractivity contribution < 1.29 is 63.7 Å². The highest BCUT2D eigenvalue weighted by atomic mass is 16.5. The number of carbonyl (C=O) groups excluding carboxylic acids is 2. The number of aromatic nitrogens is 1. The predicted octanol–water partition coefficient (Wildman–Crippen LogP) is 0.121. The van der Waals surface area contributed by atoms with Gasteiger partial charge in [-0.05, 0) is 12.1 Å². The molecule has 0 atom stereocenters. The number of methoxy groups -OCH3 is 1. The van der Waals surface area contributed by atoms with Gasteiger partial charge < -0.3 is 39.7 Å². The molecule has 0 unspecified atom stereocenters. The Kier molecular flexibility index (Phi) is 26.6. The molecule has 0 saturated carbocycles. The fourth-order valence-corrected chi connectivity index (χ4v) is 1.28. The molecular weight excluding hydrogens is 474 g/mol. The number of carboxylic acids is 3. The third-order valence-electron chi connectivity index (χ3n) is 2.82. The van der Waals surface area contributed by atoms with E-state index < -0.39 is 23.9 Å². The minimum atomic E-state index is -0.989. The molecule has 35 heavy (non-hydrogen) atoms. The molecule has 0 radical (unpaired) electrons. The highest BCUT2D eigenvalue weighted by Crippen LogP contribution is 2.05. The molecule has 0 amide bonds. The molecule has 14 nitrogen and oxygen atoms in total. The summed E-state index contributed by atoms with van der Waals surface area (Å²) < 4.78 is 13.6. The Labute approximate surface area is 201 Å². The zero-order valence-corrected chi connectivity index (χ0v) is 19.2. The minimum absolute atomic E-state index is 0.00882. The van der Waals surface area contributed by atoms with Gasteiger partial charge in [0.05, 0.1) is 58.8 Å². The van der Waals surface area contributed by atoms with E-state index in [2.05, 4.69) is 21.0 Å². The van der Waals surface area contributed by atoms with E-state index in [-0.39, 0.29) is 58.1 Å². The first-order valence-corrected chi connectivity index (χ1v) is 9.79. The molecule has 0 aliphatic heterocycles. The second-order valence-corrected chi connectivity index (χ2v) is 5.61. The summed E-state index contributed by atoms with van der Waals surface area (Å²) in [5.74, 6) is -3.18. The number of hydrogen-bond donors (Lipinski definition) is 5. The summed E-state index contributed by atoms with van der Waals surface area (Å²) in [6.45, 7) is 2.82. The maximum Gasteiger partial charge on any atom is 0.330 e. The molecule has 5 N–H and O–H groups in total. The van der Waals surface area contributed by atoms with E-state index in [0.29, 0.717) is 5.75 Å². The number of ether oxygens (including phenoxy) is 3. The van der Waals surface area contributed by atoms with Crippen molar-refractivity contribution in [1.29, 1.82) is 0 Å². The normalized spacial score (nSPS) is 8.66. The molecule has 0 aliphatic rings. The first kappa shape index (κ1) is 35.5. The summed E-state index contributed by atoms with van der Waals surface area (Å²) >= 11 is 0. The zero-order valence-electron chi connectivity index (χ0n) is 19.2. The summed E-state index contributed by atoms with van der Waals surface area (Å²) in [6.07, 6.45) is 3.94. The highest BCUT2D eigenvalue weighted by Gasteiger charge is 1.99. The smallest absolute Gasteiger partial charge is 0.330 e. The van der Waals surface area contributed by atoms with Gasteiger partial charge in [0.2, 0.25) is 0 Å². The van der Waals surface area contributed by atoms with Gasteiger partial charge >= 0.3 is 29.8 Å². The zero-order chi connectivity index (χ0) is 27.5. The third kappa shape index (κ3) is 34.8. The Morgan fingerprint density at radius 1 is 0.914 bits per heavy atom. The first-order valence-electron chi connectivity index (χ1n) is 9.79. The van der Waals surface area contributed by atoms with E-state index in [1.807, 2.05) is 0 Å². The van der Waals surface area contributed by atoms with Gasteiger partial charge in [-0.25, -0.2) is 4.79 Å². The van der Waals surface area contributed by atoms with Gasteiger partial charge in [0.1, 0.15) is 12.4 Å². The van der Waals surface area contributed by atoms with Crippen molar-refractivity contribution in [2.24, 2.45) is 0 Å². The van der Waals surface area contributed by atoms with Crippen LogP contribution >= 0.6 is 0 Å². The fourth-order valence-electron chi connectivity index (χ4n) is 1.28. The maximum absolute atomic E-state index is 10.3. The lowest BCUT2D eigenvalue weighted by atomic mass is 10.4. The molecule has 0 aromatic carbocycles. The molecule has 0 bridgehead atoms. The largest absolute Gasteiger partial charge is 0.491 e. The van der Waals surface area contributed by atoms with Gasteiger partial charge in [0, 0.05) is 12.3 Å². The number of carbonyl (C=O) groups is 5. The third-order valence-corrected chi connectivity index (χ3v) is 2.82. The van der Waals surface area contributed by atoms with E-state index in [0.717, 1.165) is 6.08 Å². The number of aliphatic carboxylic acids is 3. The van der Waals surface area contributed by atoms with Crippen LogP contribution in [0.25, 0.3) is 0 Å². The van der Waals surface area contributed by atoms with Crippen molar-refractivity contribution in [1.82, 2.24) is 4.98 Å². The molecule has 0 fully saturated rings. The number of rotatable bonds is 12. The number of aliphatic hydroxyl groups is 2. The maximum atomic E-state index is 10.3. The number of carboxylic acid groups (broad SMARTS) is 3. The van der Waals surface area contributed by atoms with Gasteiger partial charge in [0.15, 0.2) is 0 Å². The second-order valence-electron chi connectivity index (χ2n) is 5.61. The molecule has 1 aromatic rings. The molecule has 0 spiro atoms. The van der Waals surface area contributed by atoms with Crippen LogP contribution in [-0.2, 0) is 33.4 Å². The average Bonchev–Trinajstić information content (AvgIpc) is 2.80.